The van der Waals surface area contributed by atoms with E-state index in [1.54, 1.807) is 0 Å². The van der Waals surface area contributed by atoms with Crippen molar-refractivity contribution in [2.45, 2.75) is 19.2 Å². The van der Waals surface area contributed by atoms with E-state index in [-0.39, 0.29) is 12.0 Å². The number of rotatable bonds is 6. The Kier molecular flexibility index (Phi) is 5.15. The van der Waals surface area contributed by atoms with Crippen LogP contribution in [-0.2, 0) is 4.74 Å². The van der Waals surface area contributed by atoms with Gasteiger partial charge in [-0.3, -0.25) is 4.79 Å². The number of alkyl halides is 3. The summed E-state index contributed by atoms with van der Waals surface area (Å²) >= 11 is 0. The number of methoxy groups -OCH3 is 1. The lowest BCUT2D eigenvalue weighted by molar-refractivity contribution is -0.274. The standard InChI is InChI=1S/C12H13F3O3/c1-17-8-4-6-10(16)9-5-2-3-7-11(9)18-12(13,14)15/h2-3,5,7H,4,6,8H2,1H3. The van der Waals surface area contributed by atoms with E-state index >= 15 is 0 Å². The fourth-order valence-corrected chi connectivity index (χ4v) is 1.42. The highest BCUT2D eigenvalue weighted by Gasteiger charge is 2.32. The molecule has 0 saturated carbocycles. The van der Waals surface area contributed by atoms with Crippen LogP contribution in [0.2, 0.25) is 0 Å². The van der Waals surface area contributed by atoms with Gasteiger partial charge in [-0.1, -0.05) is 12.1 Å². The summed E-state index contributed by atoms with van der Waals surface area (Å²) in [4.78, 5) is 11.7. The van der Waals surface area contributed by atoms with Crippen LogP contribution >= 0.6 is 0 Å². The first-order chi connectivity index (χ1) is 8.44. The van der Waals surface area contributed by atoms with Crippen LogP contribution < -0.4 is 4.74 Å². The van der Waals surface area contributed by atoms with Crippen LogP contribution in [0.5, 0.6) is 5.75 Å². The molecule has 0 heterocycles. The van der Waals surface area contributed by atoms with Gasteiger partial charge in [-0.25, -0.2) is 0 Å². The Hall–Kier alpha value is -1.56. The van der Waals surface area contributed by atoms with Gasteiger partial charge in [0.15, 0.2) is 5.78 Å². The summed E-state index contributed by atoms with van der Waals surface area (Å²) in [7, 11) is 1.49. The van der Waals surface area contributed by atoms with Gasteiger partial charge >= 0.3 is 6.36 Å². The fourth-order valence-electron chi connectivity index (χ4n) is 1.42. The SMILES string of the molecule is COCCCC(=O)c1ccccc1OC(F)(F)F. The molecule has 0 aliphatic heterocycles. The Morgan fingerprint density at radius 1 is 1.28 bits per heavy atom. The lowest BCUT2D eigenvalue weighted by atomic mass is 10.1. The average molecular weight is 262 g/mol. The Labute approximate surface area is 103 Å². The topological polar surface area (TPSA) is 35.5 Å². The Morgan fingerprint density at radius 2 is 1.94 bits per heavy atom. The summed E-state index contributed by atoms with van der Waals surface area (Å²) < 4.78 is 45.0. The Balaban J connectivity index is 2.78. The van der Waals surface area contributed by atoms with Crippen molar-refractivity contribution in [2.75, 3.05) is 13.7 Å². The molecule has 18 heavy (non-hydrogen) atoms. The highest BCUT2D eigenvalue weighted by molar-refractivity contribution is 5.98. The fraction of sp³-hybridized carbons (Fsp3) is 0.417. The van der Waals surface area contributed by atoms with Crippen LogP contribution in [0.15, 0.2) is 24.3 Å². The van der Waals surface area contributed by atoms with Crippen LogP contribution in [0, 0.1) is 0 Å². The lowest BCUT2D eigenvalue weighted by Crippen LogP contribution is -2.19. The number of Topliss-reactive ketones (excluding diaryl/α,β-unsaturated/α-hetero) is 1. The number of hydrogen-bond acceptors (Lipinski definition) is 3. The zero-order valence-electron chi connectivity index (χ0n) is 9.79. The van der Waals surface area contributed by atoms with Crippen molar-refractivity contribution in [3.8, 4) is 5.75 Å². The van der Waals surface area contributed by atoms with Crippen molar-refractivity contribution in [2.24, 2.45) is 0 Å². The first-order valence-corrected chi connectivity index (χ1v) is 5.31. The first kappa shape index (κ1) is 14.5. The van der Waals surface area contributed by atoms with Gasteiger partial charge in [0.2, 0.25) is 0 Å². The lowest BCUT2D eigenvalue weighted by Gasteiger charge is -2.12. The third kappa shape index (κ3) is 4.75. The van der Waals surface area contributed by atoms with E-state index in [0.717, 1.165) is 6.07 Å². The van der Waals surface area contributed by atoms with Crippen molar-refractivity contribution in [3.05, 3.63) is 29.8 Å². The molecule has 6 heteroatoms. The molecule has 0 fully saturated rings. The Morgan fingerprint density at radius 3 is 2.56 bits per heavy atom. The monoisotopic (exact) mass is 262 g/mol. The van der Waals surface area contributed by atoms with Crippen LogP contribution in [0.25, 0.3) is 0 Å². The molecule has 0 amide bonds. The summed E-state index contributed by atoms with van der Waals surface area (Å²) in [5.41, 5.74) is -0.0640. The zero-order valence-corrected chi connectivity index (χ0v) is 9.79. The second-order valence-corrected chi connectivity index (χ2v) is 3.56. The minimum absolute atomic E-state index is 0.0640. The maximum absolute atomic E-state index is 12.1. The van der Waals surface area contributed by atoms with Gasteiger partial charge in [0, 0.05) is 20.1 Å². The van der Waals surface area contributed by atoms with Crippen molar-refractivity contribution in [1.29, 1.82) is 0 Å². The molecule has 1 rings (SSSR count). The van der Waals surface area contributed by atoms with Crippen molar-refractivity contribution < 1.29 is 27.4 Å². The smallest absolute Gasteiger partial charge is 0.405 e. The molecular formula is C12H13F3O3. The minimum Gasteiger partial charge on any atom is -0.405 e. The van der Waals surface area contributed by atoms with Gasteiger partial charge in [-0.05, 0) is 18.6 Å². The molecule has 100 valence electrons. The van der Waals surface area contributed by atoms with Crippen LogP contribution in [0.4, 0.5) is 13.2 Å². The number of carbonyl (C=O) groups excluding carboxylic acids is 1. The molecule has 0 radical (unpaired) electrons. The van der Waals surface area contributed by atoms with E-state index in [0.29, 0.717) is 13.0 Å². The first-order valence-electron chi connectivity index (χ1n) is 5.31. The predicted octanol–water partition coefficient (Wildman–Crippen LogP) is 3.19. The Bertz CT molecular complexity index is 402. The highest BCUT2D eigenvalue weighted by Crippen LogP contribution is 2.27. The largest absolute Gasteiger partial charge is 0.573 e. The maximum Gasteiger partial charge on any atom is 0.573 e. The van der Waals surface area contributed by atoms with Crippen LogP contribution in [0.3, 0.4) is 0 Å². The number of carbonyl (C=O) groups is 1. The zero-order chi connectivity index (χ0) is 13.6. The summed E-state index contributed by atoms with van der Waals surface area (Å²) in [5, 5.41) is 0. The van der Waals surface area contributed by atoms with Crippen molar-refractivity contribution in [3.63, 3.8) is 0 Å². The molecule has 3 nitrogen and oxygen atoms in total. The molecule has 0 atom stereocenters. The number of hydrogen-bond donors (Lipinski definition) is 0. The van der Waals surface area contributed by atoms with Crippen molar-refractivity contribution >= 4 is 5.78 Å². The molecule has 0 aliphatic rings. The highest BCUT2D eigenvalue weighted by atomic mass is 19.4. The maximum atomic E-state index is 12.1. The molecule has 0 unspecified atom stereocenters. The van der Waals surface area contributed by atoms with Gasteiger partial charge in [0.05, 0.1) is 5.56 Å². The van der Waals surface area contributed by atoms with Gasteiger partial charge in [0.25, 0.3) is 0 Å². The average Bonchev–Trinajstić information content (AvgIpc) is 2.27. The van der Waals surface area contributed by atoms with Gasteiger partial charge in [-0.15, -0.1) is 13.2 Å². The normalized spacial score (nSPS) is 11.3. The molecular weight excluding hydrogens is 249 g/mol. The summed E-state index contributed by atoms with van der Waals surface area (Å²) in [6.45, 7) is 0.383. The number of ketones is 1. The van der Waals surface area contributed by atoms with Crippen molar-refractivity contribution in [1.82, 2.24) is 0 Å². The van der Waals surface area contributed by atoms with Gasteiger partial charge < -0.3 is 9.47 Å². The van der Waals surface area contributed by atoms with Crippen LogP contribution in [0.1, 0.15) is 23.2 Å². The summed E-state index contributed by atoms with van der Waals surface area (Å²) in [5.74, 6) is -0.862. The molecule has 0 spiro atoms. The third-order valence-electron chi connectivity index (χ3n) is 2.17. The molecule has 0 aromatic heterocycles. The molecule has 1 aromatic carbocycles. The second kappa shape index (κ2) is 6.39. The van der Waals surface area contributed by atoms with E-state index in [1.807, 2.05) is 0 Å². The minimum atomic E-state index is -4.80. The predicted molar refractivity (Wildman–Crippen MR) is 58.6 cm³/mol. The molecule has 0 N–H and O–H groups in total. The van der Waals surface area contributed by atoms with Gasteiger partial charge in [-0.2, -0.15) is 0 Å². The summed E-state index contributed by atoms with van der Waals surface area (Å²) in [6, 6.07) is 5.31. The van der Waals surface area contributed by atoms with E-state index < -0.39 is 17.9 Å². The number of halogens is 3. The second-order valence-electron chi connectivity index (χ2n) is 3.56. The molecule has 0 saturated heterocycles. The number of benzene rings is 1. The number of ether oxygens (including phenoxy) is 2. The third-order valence-corrected chi connectivity index (χ3v) is 2.17. The number of para-hydroxylation sites is 1. The van der Waals surface area contributed by atoms with E-state index in [4.69, 9.17) is 4.74 Å². The van der Waals surface area contributed by atoms with Gasteiger partial charge in [0.1, 0.15) is 5.75 Å². The molecule has 1 aromatic rings. The van der Waals surface area contributed by atoms with E-state index in [1.165, 1.54) is 25.3 Å². The van der Waals surface area contributed by atoms with E-state index in [2.05, 4.69) is 4.74 Å². The van der Waals surface area contributed by atoms with E-state index in [9.17, 15) is 18.0 Å². The molecule has 0 aliphatic carbocycles. The quantitative estimate of drug-likeness (QED) is 0.583. The van der Waals surface area contributed by atoms with Crippen LogP contribution in [-0.4, -0.2) is 25.9 Å². The molecule has 0 bridgehead atoms. The summed E-state index contributed by atoms with van der Waals surface area (Å²) in [6.07, 6.45) is -4.23.